The van der Waals surface area contributed by atoms with Gasteiger partial charge in [0.05, 0.1) is 0 Å². The van der Waals surface area contributed by atoms with Crippen molar-refractivity contribution in [3.63, 3.8) is 0 Å². The second-order valence-electron chi connectivity index (χ2n) is 3.52. The highest BCUT2D eigenvalue weighted by Crippen LogP contribution is 2.31. The van der Waals surface area contributed by atoms with Crippen molar-refractivity contribution in [2.45, 2.75) is 6.42 Å². The minimum atomic E-state index is 0.624. The van der Waals surface area contributed by atoms with Gasteiger partial charge in [-0.2, -0.15) is 0 Å². The van der Waals surface area contributed by atoms with Gasteiger partial charge in [0.25, 0.3) is 0 Å². The fraction of sp³-hybridized carbons (Fsp3) is 0.231. The highest BCUT2D eigenvalue weighted by molar-refractivity contribution is 5.45. The molecule has 1 aromatic rings. The molecule has 1 aromatic carbocycles. The number of benzene rings is 1. The van der Waals surface area contributed by atoms with Gasteiger partial charge in [-0.1, -0.05) is 30.9 Å². The van der Waals surface area contributed by atoms with Crippen LogP contribution in [-0.2, 0) is 6.42 Å². The van der Waals surface area contributed by atoms with Gasteiger partial charge in [0.15, 0.2) is 11.5 Å². The first-order valence-electron chi connectivity index (χ1n) is 4.98. The number of rotatable bonds is 3. The highest BCUT2D eigenvalue weighted by atomic mass is 16.6. The summed E-state index contributed by atoms with van der Waals surface area (Å²) in [5, 5.41) is 0. The smallest absolute Gasteiger partial charge is 0.161 e. The van der Waals surface area contributed by atoms with Gasteiger partial charge in [-0.25, -0.2) is 0 Å². The summed E-state index contributed by atoms with van der Waals surface area (Å²) in [6.07, 6.45) is 2.58. The van der Waals surface area contributed by atoms with Crippen molar-refractivity contribution in [2.24, 2.45) is 0 Å². The second kappa shape index (κ2) is 4.22. The number of fused-ring (bicyclic) bond motifs is 1. The van der Waals surface area contributed by atoms with E-state index in [0.717, 1.165) is 23.5 Å². The van der Waals surface area contributed by atoms with Crippen molar-refractivity contribution in [1.82, 2.24) is 0 Å². The fourth-order valence-electron chi connectivity index (χ4n) is 1.53. The Bertz CT molecular complexity index is 394. The highest BCUT2D eigenvalue weighted by Gasteiger charge is 2.11. The molecule has 0 aliphatic carbocycles. The normalized spacial score (nSPS) is 13.3. The molecule has 0 bridgehead atoms. The summed E-state index contributed by atoms with van der Waals surface area (Å²) < 4.78 is 10.9. The van der Waals surface area contributed by atoms with Crippen LogP contribution in [0.5, 0.6) is 11.5 Å². The van der Waals surface area contributed by atoms with Crippen LogP contribution in [-0.4, -0.2) is 13.2 Å². The van der Waals surface area contributed by atoms with Crippen LogP contribution in [0.15, 0.2) is 43.0 Å². The van der Waals surface area contributed by atoms with Crippen molar-refractivity contribution in [1.29, 1.82) is 0 Å². The lowest BCUT2D eigenvalue weighted by Gasteiger charge is -2.18. The summed E-state index contributed by atoms with van der Waals surface area (Å²) in [5.41, 5.74) is 2.18. The minimum Gasteiger partial charge on any atom is -0.486 e. The van der Waals surface area contributed by atoms with Crippen LogP contribution in [0, 0.1) is 0 Å². The van der Waals surface area contributed by atoms with Gasteiger partial charge >= 0.3 is 0 Å². The predicted octanol–water partition coefficient (Wildman–Crippen LogP) is 2.74. The monoisotopic (exact) mass is 202 g/mol. The van der Waals surface area contributed by atoms with Crippen molar-refractivity contribution >= 4 is 0 Å². The molecule has 2 heteroatoms. The Balaban J connectivity index is 2.20. The zero-order valence-corrected chi connectivity index (χ0v) is 8.66. The molecule has 0 radical (unpaired) electrons. The van der Waals surface area contributed by atoms with Crippen LogP contribution in [0.4, 0.5) is 0 Å². The molecule has 0 saturated carbocycles. The van der Waals surface area contributed by atoms with Gasteiger partial charge in [0, 0.05) is 0 Å². The molecule has 1 aliphatic rings. The molecule has 2 nitrogen and oxygen atoms in total. The summed E-state index contributed by atoms with van der Waals surface area (Å²) in [6.45, 7) is 8.83. The third-order valence-corrected chi connectivity index (χ3v) is 2.33. The minimum absolute atomic E-state index is 0.624. The van der Waals surface area contributed by atoms with Crippen LogP contribution in [0.2, 0.25) is 0 Å². The lowest BCUT2D eigenvalue weighted by Crippen LogP contribution is -2.15. The first-order valence-corrected chi connectivity index (χ1v) is 4.98. The molecule has 0 aromatic heterocycles. The van der Waals surface area contributed by atoms with Crippen LogP contribution in [0.3, 0.4) is 0 Å². The van der Waals surface area contributed by atoms with E-state index in [2.05, 4.69) is 13.2 Å². The predicted molar refractivity (Wildman–Crippen MR) is 60.5 cm³/mol. The van der Waals surface area contributed by atoms with E-state index in [-0.39, 0.29) is 0 Å². The molecule has 15 heavy (non-hydrogen) atoms. The summed E-state index contributed by atoms with van der Waals surface area (Å²) in [6, 6.07) is 5.98. The van der Waals surface area contributed by atoms with Gasteiger partial charge in [-0.3, -0.25) is 0 Å². The molecule has 0 spiro atoms. The van der Waals surface area contributed by atoms with Gasteiger partial charge in [0.2, 0.25) is 0 Å². The Morgan fingerprint density at radius 3 is 2.73 bits per heavy atom. The summed E-state index contributed by atoms with van der Waals surface area (Å²) >= 11 is 0. The van der Waals surface area contributed by atoms with Crippen LogP contribution >= 0.6 is 0 Å². The number of ether oxygens (including phenoxy) is 2. The standard InChI is InChI=1S/C13H14O2/c1-3-10(2)8-11-4-5-12-13(9-11)15-7-6-14-12/h3-5,9H,1-2,6-8H2. The van der Waals surface area contributed by atoms with Crippen molar-refractivity contribution in [2.75, 3.05) is 13.2 Å². The molecule has 78 valence electrons. The molecule has 0 saturated heterocycles. The second-order valence-corrected chi connectivity index (χ2v) is 3.52. The molecular formula is C13H14O2. The van der Waals surface area contributed by atoms with E-state index in [0.29, 0.717) is 13.2 Å². The Hall–Kier alpha value is -1.70. The number of hydrogen-bond donors (Lipinski definition) is 0. The van der Waals surface area contributed by atoms with Crippen molar-refractivity contribution in [3.05, 3.63) is 48.6 Å². The molecule has 0 fully saturated rings. The third-order valence-electron chi connectivity index (χ3n) is 2.33. The van der Waals surface area contributed by atoms with Crippen LogP contribution in [0.25, 0.3) is 0 Å². The topological polar surface area (TPSA) is 18.5 Å². The van der Waals surface area contributed by atoms with E-state index in [1.165, 1.54) is 5.56 Å². The van der Waals surface area contributed by atoms with E-state index >= 15 is 0 Å². The van der Waals surface area contributed by atoms with E-state index in [9.17, 15) is 0 Å². The average molecular weight is 202 g/mol. The maximum absolute atomic E-state index is 5.50. The third kappa shape index (κ3) is 2.21. The number of allylic oxidation sites excluding steroid dienone is 2. The lowest BCUT2D eigenvalue weighted by molar-refractivity contribution is 0.171. The maximum atomic E-state index is 5.50. The molecule has 0 unspecified atom stereocenters. The average Bonchev–Trinajstić information content (AvgIpc) is 2.29. The molecule has 1 heterocycles. The summed E-state index contributed by atoms with van der Waals surface area (Å²) in [5.74, 6) is 1.66. The van der Waals surface area contributed by atoms with Crippen molar-refractivity contribution < 1.29 is 9.47 Å². The molecule has 0 amide bonds. The van der Waals surface area contributed by atoms with Gasteiger partial charge < -0.3 is 9.47 Å². The SMILES string of the molecule is C=CC(=C)Cc1ccc2c(c1)OCCO2. The van der Waals surface area contributed by atoms with Gasteiger partial charge in [-0.05, 0) is 24.1 Å². The van der Waals surface area contributed by atoms with E-state index in [4.69, 9.17) is 9.47 Å². The van der Waals surface area contributed by atoms with Crippen molar-refractivity contribution in [3.8, 4) is 11.5 Å². The molecular weight excluding hydrogens is 188 g/mol. The zero-order chi connectivity index (χ0) is 10.7. The lowest BCUT2D eigenvalue weighted by atomic mass is 10.1. The first kappa shape index (κ1) is 9.84. The molecule has 0 atom stereocenters. The maximum Gasteiger partial charge on any atom is 0.161 e. The molecule has 0 N–H and O–H groups in total. The molecule has 1 aliphatic heterocycles. The van der Waals surface area contributed by atoms with Crippen LogP contribution < -0.4 is 9.47 Å². The summed E-state index contributed by atoms with van der Waals surface area (Å²) in [4.78, 5) is 0. The Morgan fingerprint density at radius 2 is 2.00 bits per heavy atom. The fourth-order valence-corrected chi connectivity index (χ4v) is 1.53. The molecule has 2 rings (SSSR count). The largest absolute Gasteiger partial charge is 0.486 e. The quantitative estimate of drug-likeness (QED) is 0.702. The Morgan fingerprint density at radius 1 is 1.27 bits per heavy atom. The summed E-state index contributed by atoms with van der Waals surface area (Å²) in [7, 11) is 0. The van der Waals surface area contributed by atoms with Gasteiger partial charge in [0.1, 0.15) is 13.2 Å². The first-order chi connectivity index (χ1) is 7.29. The van der Waals surface area contributed by atoms with E-state index in [1.807, 2.05) is 18.2 Å². The number of hydrogen-bond acceptors (Lipinski definition) is 2. The van der Waals surface area contributed by atoms with E-state index < -0.39 is 0 Å². The zero-order valence-electron chi connectivity index (χ0n) is 8.66. The van der Waals surface area contributed by atoms with E-state index in [1.54, 1.807) is 6.08 Å². The van der Waals surface area contributed by atoms with Crippen LogP contribution in [0.1, 0.15) is 5.56 Å². The Labute approximate surface area is 89.8 Å². The van der Waals surface area contributed by atoms with Gasteiger partial charge in [-0.15, -0.1) is 0 Å². The Kier molecular flexibility index (Phi) is 2.77.